The number of nitrogens with zero attached hydrogens (tertiary/aromatic N) is 1. The molecule has 1 fully saturated rings. The summed E-state index contributed by atoms with van der Waals surface area (Å²) in [7, 11) is 1.91. The molecule has 1 heterocycles. The third-order valence-electron chi connectivity index (χ3n) is 4.01. The number of ether oxygens (including phenoxy) is 1. The Kier molecular flexibility index (Phi) is 7.02. The summed E-state index contributed by atoms with van der Waals surface area (Å²) in [6.07, 6.45) is 1.50. The topological polar surface area (TPSA) is 53.6 Å². The van der Waals surface area contributed by atoms with Crippen LogP contribution in [-0.2, 0) is 11.3 Å². The zero-order chi connectivity index (χ0) is 16.7. The van der Waals surface area contributed by atoms with Gasteiger partial charge in [0.1, 0.15) is 0 Å². The van der Waals surface area contributed by atoms with Crippen LogP contribution < -0.4 is 10.6 Å². The third kappa shape index (κ3) is 5.94. The SMILES string of the molecule is CNCCCNC(=O)c1ccc(CN2CC(C)OC(C)C2)cc1. The zero-order valence-corrected chi connectivity index (χ0v) is 14.5. The summed E-state index contributed by atoms with van der Waals surface area (Å²) >= 11 is 0. The molecule has 0 spiro atoms. The molecule has 0 radical (unpaired) electrons. The van der Waals surface area contributed by atoms with E-state index in [1.165, 1.54) is 5.56 Å². The van der Waals surface area contributed by atoms with Gasteiger partial charge >= 0.3 is 0 Å². The number of morpholine rings is 1. The molecule has 0 saturated carbocycles. The fraction of sp³-hybridized carbons (Fsp3) is 0.611. The second-order valence-electron chi connectivity index (χ2n) is 6.36. The molecule has 1 aliphatic heterocycles. The molecule has 5 heteroatoms. The second-order valence-corrected chi connectivity index (χ2v) is 6.36. The molecule has 0 aliphatic carbocycles. The van der Waals surface area contributed by atoms with Gasteiger partial charge in [0.25, 0.3) is 5.91 Å². The number of hydrogen-bond acceptors (Lipinski definition) is 4. The van der Waals surface area contributed by atoms with E-state index >= 15 is 0 Å². The van der Waals surface area contributed by atoms with Gasteiger partial charge in [-0.3, -0.25) is 9.69 Å². The van der Waals surface area contributed by atoms with Gasteiger partial charge in [-0.05, 0) is 51.6 Å². The van der Waals surface area contributed by atoms with Crippen molar-refractivity contribution in [3.05, 3.63) is 35.4 Å². The molecular formula is C18H29N3O2. The Bertz CT molecular complexity index is 480. The van der Waals surface area contributed by atoms with E-state index in [-0.39, 0.29) is 18.1 Å². The first-order valence-electron chi connectivity index (χ1n) is 8.48. The van der Waals surface area contributed by atoms with E-state index in [9.17, 15) is 4.79 Å². The molecule has 1 aromatic rings. The minimum Gasteiger partial charge on any atom is -0.373 e. The van der Waals surface area contributed by atoms with Crippen molar-refractivity contribution >= 4 is 5.91 Å². The summed E-state index contributed by atoms with van der Waals surface area (Å²) in [4.78, 5) is 14.4. The lowest BCUT2D eigenvalue weighted by Crippen LogP contribution is -2.44. The van der Waals surface area contributed by atoms with E-state index in [2.05, 4.69) is 29.4 Å². The number of nitrogens with one attached hydrogen (secondary N) is 2. The van der Waals surface area contributed by atoms with Crippen LogP contribution in [0.2, 0.25) is 0 Å². The molecular weight excluding hydrogens is 290 g/mol. The molecule has 2 N–H and O–H groups in total. The average Bonchev–Trinajstić information content (AvgIpc) is 2.51. The number of benzene rings is 1. The predicted molar refractivity (Wildman–Crippen MR) is 92.6 cm³/mol. The Morgan fingerprint density at radius 2 is 1.83 bits per heavy atom. The molecule has 23 heavy (non-hydrogen) atoms. The number of carbonyl (C=O) groups excluding carboxylic acids is 1. The van der Waals surface area contributed by atoms with E-state index in [4.69, 9.17) is 4.74 Å². The van der Waals surface area contributed by atoms with Crippen molar-refractivity contribution in [2.24, 2.45) is 0 Å². The molecule has 128 valence electrons. The Labute approximate surface area is 139 Å². The lowest BCUT2D eigenvalue weighted by Gasteiger charge is -2.35. The molecule has 2 rings (SSSR count). The maximum absolute atomic E-state index is 12.0. The third-order valence-corrected chi connectivity index (χ3v) is 4.01. The molecule has 5 nitrogen and oxygen atoms in total. The summed E-state index contributed by atoms with van der Waals surface area (Å²) in [6.45, 7) is 8.66. The van der Waals surface area contributed by atoms with Gasteiger partial charge in [0.2, 0.25) is 0 Å². The Morgan fingerprint density at radius 1 is 1.17 bits per heavy atom. The number of carbonyl (C=O) groups is 1. The lowest BCUT2D eigenvalue weighted by atomic mass is 10.1. The normalized spacial score (nSPS) is 22.0. The van der Waals surface area contributed by atoms with Crippen LogP contribution in [0.3, 0.4) is 0 Å². The summed E-state index contributed by atoms with van der Waals surface area (Å²) in [5.74, 6) is 0.00118. The van der Waals surface area contributed by atoms with Gasteiger partial charge < -0.3 is 15.4 Å². The Morgan fingerprint density at radius 3 is 2.43 bits per heavy atom. The summed E-state index contributed by atoms with van der Waals surface area (Å²) < 4.78 is 5.76. The molecule has 2 unspecified atom stereocenters. The Hall–Kier alpha value is -1.43. The van der Waals surface area contributed by atoms with Gasteiger partial charge in [-0.2, -0.15) is 0 Å². The summed E-state index contributed by atoms with van der Waals surface area (Å²) in [5.41, 5.74) is 1.96. The van der Waals surface area contributed by atoms with Crippen molar-refractivity contribution in [1.82, 2.24) is 15.5 Å². The highest BCUT2D eigenvalue weighted by atomic mass is 16.5. The minimum absolute atomic E-state index is 0.00118. The highest BCUT2D eigenvalue weighted by Gasteiger charge is 2.21. The maximum Gasteiger partial charge on any atom is 0.251 e. The summed E-state index contributed by atoms with van der Waals surface area (Å²) in [5, 5.41) is 6.01. The van der Waals surface area contributed by atoms with Crippen LogP contribution in [0.5, 0.6) is 0 Å². The van der Waals surface area contributed by atoms with E-state index in [0.717, 1.165) is 38.2 Å². The fourth-order valence-electron chi connectivity index (χ4n) is 3.00. The van der Waals surface area contributed by atoms with Crippen molar-refractivity contribution in [1.29, 1.82) is 0 Å². The quantitative estimate of drug-likeness (QED) is 0.750. The van der Waals surface area contributed by atoms with E-state index in [1.807, 2.05) is 31.3 Å². The van der Waals surface area contributed by atoms with Gasteiger partial charge in [-0.1, -0.05) is 12.1 Å². The largest absolute Gasteiger partial charge is 0.373 e. The second kappa shape index (κ2) is 9.01. The molecule has 1 saturated heterocycles. The number of hydrogen-bond donors (Lipinski definition) is 2. The average molecular weight is 319 g/mol. The van der Waals surface area contributed by atoms with E-state index < -0.39 is 0 Å². The monoisotopic (exact) mass is 319 g/mol. The first kappa shape index (κ1) is 17.9. The minimum atomic E-state index is 0.00118. The van der Waals surface area contributed by atoms with E-state index in [1.54, 1.807) is 0 Å². The van der Waals surface area contributed by atoms with Crippen molar-refractivity contribution in [2.75, 3.05) is 33.2 Å². The smallest absolute Gasteiger partial charge is 0.251 e. The van der Waals surface area contributed by atoms with E-state index in [0.29, 0.717) is 6.54 Å². The highest BCUT2D eigenvalue weighted by molar-refractivity contribution is 5.94. The first-order valence-corrected chi connectivity index (χ1v) is 8.48. The molecule has 0 aromatic heterocycles. The molecule has 1 aromatic carbocycles. The fourth-order valence-corrected chi connectivity index (χ4v) is 3.00. The predicted octanol–water partition coefficient (Wildman–Crippen LogP) is 1.64. The highest BCUT2D eigenvalue weighted by Crippen LogP contribution is 2.14. The van der Waals surface area contributed by atoms with Crippen molar-refractivity contribution < 1.29 is 9.53 Å². The van der Waals surface area contributed by atoms with Crippen molar-refractivity contribution in [3.8, 4) is 0 Å². The number of rotatable bonds is 7. The van der Waals surface area contributed by atoms with Crippen LogP contribution >= 0.6 is 0 Å². The molecule has 2 atom stereocenters. The van der Waals surface area contributed by atoms with Gasteiger partial charge in [0.05, 0.1) is 12.2 Å². The van der Waals surface area contributed by atoms with Crippen molar-refractivity contribution in [3.63, 3.8) is 0 Å². The van der Waals surface area contributed by atoms with Crippen LogP contribution in [0.4, 0.5) is 0 Å². The zero-order valence-electron chi connectivity index (χ0n) is 14.5. The maximum atomic E-state index is 12.0. The molecule has 1 aliphatic rings. The van der Waals surface area contributed by atoms with Gasteiger partial charge in [-0.15, -0.1) is 0 Å². The van der Waals surface area contributed by atoms with Crippen LogP contribution in [-0.4, -0.2) is 56.2 Å². The standard InChI is InChI=1S/C18H29N3O2/c1-14-11-21(12-15(2)23-14)13-16-5-7-17(8-6-16)18(22)20-10-4-9-19-3/h5-8,14-15,19H,4,9-13H2,1-3H3,(H,20,22). The van der Waals surface area contributed by atoms with Gasteiger partial charge in [0.15, 0.2) is 0 Å². The summed E-state index contributed by atoms with van der Waals surface area (Å²) in [6, 6.07) is 7.92. The van der Waals surface area contributed by atoms with Crippen LogP contribution in [0.15, 0.2) is 24.3 Å². The van der Waals surface area contributed by atoms with Gasteiger partial charge in [-0.25, -0.2) is 0 Å². The van der Waals surface area contributed by atoms with Crippen LogP contribution in [0.1, 0.15) is 36.2 Å². The molecule has 0 bridgehead atoms. The molecule has 1 amide bonds. The first-order chi connectivity index (χ1) is 11.1. The van der Waals surface area contributed by atoms with Crippen LogP contribution in [0.25, 0.3) is 0 Å². The lowest BCUT2D eigenvalue weighted by molar-refractivity contribution is -0.0704. The van der Waals surface area contributed by atoms with Crippen molar-refractivity contribution in [2.45, 2.75) is 39.0 Å². The van der Waals surface area contributed by atoms with Gasteiger partial charge in [0, 0.05) is 31.7 Å². The Balaban J connectivity index is 1.83. The van der Waals surface area contributed by atoms with Crippen LogP contribution in [0, 0.1) is 0 Å². The number of amides is 1.